The van der Waals surface area contributed by atoms with Crippen LogP contribution in [0.5, 0.6) is 0 Å². The fourth-order valence-electron chi connectivity index (χ4n) is 2.20. The smallest absolute Gasteiger partial charge is 0.307 e. The lowest BCUT2D eigenvalue weighted by atomic mass is 10.0. The average molecular weight is 336 g/mol. The number of carbonyl (C=O) groups excluding carboxylic acids is 2. The average Bonchev–Trinajstić information content (AvgIpc) is 3.06. The minimum atomic E-state index is -0.528. The zero-order valence-corrected chi connectivity index (χ0v) is 13.5. The molecule has 1 aromatic carbocycles. The molecule has 0 radical (unpaired) electrons. The summed E-state index contributed by atoms with van der Waals surface area (Å²) >= 11 is 6.17. The van der Waals surface area contributed by atoms with E-state index in [1.807, 2.05) is 6.07 Å². The number of halogens is 1. The quantitative estimate of drug-likeness (QED) is 0.788. The molecule has 1 aromatic heterocycles. The second kappa shape index (κ2) is 8.39. The van der Waals surface area contributed by atoms with Crippen molar-refractivity contribution in [2.24, 2.45) is 0 Å². The molecule has 122 valence electrons. The van der Waals surface area contributed by atoms with E-state index in [9.17, 15) is 9.59 Å². The zero-order chi connectivity index (χ0) is 16.7. The standard InChI is InChI=1S/C17H18ClNO4/c1-22-17(21)11-15(13-6-2-3-7-14(13)18)19-16(20)9-8-12-5-4-10-23-12/h2-7,10,15H,8-9,11H2,1H3,(H,19,20). The fraction of sp³-hybridized carbons (Fsp3) is 0.294. The maximum absolute atomic E-state index is 12.2. The number of furan rings is 1. The normalized spacial score (nSPS) is 11.7. The van der Waals surface area contributed by atoms with Gasteiger partial charge in [0, 0.05) is 17.9 Å². The first kappa shape index (κ1) is 17.1. The van der Waals surface area contributed by atoms with Gasteiger partial charge in [-0.3, -0.25) is 9.59 Å². The number of esters is 1. The van der Waals surface area contributed by atoms with Crippen LogP contribution in [0, 0.1) is 0 Å². The summed E-state index contributed by atoms with van der Waals surface area (Å²) in [4.78, 5) is 23.8. The number of hydrogen-bond donors (Lipinski definition) is 1. The Morgan fingerprint density at radius 2 is 2.04 bits per heavy atom. The third-order valence-corrected chi connectivity index (χ3v) is 3.74. The SMILES string of the molecule is COC(=O)CC(NC(=O)CCc1ccco1)c1ccccc1Cl. The lowest BCUT2D eigenvalue weighted by molar-refractivity contribution is -0.141. The van der Waals surface area contributed by atoms with Gasteiger partial charge in [0.15, 0.2) is 0 Å². The third kappa shape index (κ3) is 5.14. The van der Waals surface area contributed by atoms with Gasteiger partial charge >= 0.3 is 5.97 Å². The Morgan fingerprint density at radius 3 is 2.70 bits per heavy atom. The molecule has 0 saturated carbocycles. The molecule has 0 saturated heterocycles. The van der Waals surface area contributed by atoms with Crippen LogP contribution in [0.3, 0.4) is 0 Å². The first-order valence-electron chi connectivity index (χ1n) is 7.23. The lowest BCUT2D eigenvalue weighted by Gasteiger charge is -2.19. The number of hydrogen-bond acceptors (Lipinski definition) is 4. The van der Waals surface area contributed by atoms with Gasteiger partial charge in [-0.15, -0.1) is 0 Å². The Balaban J connectivity index is 2.03. The Kier molecular flexibility index (Phi) is 6.23. The molecule has 1 N–H and O–H groups in total. The number of methoxy groups -OCH3 is 1. The minimum absolute atomic E-state index is 0.0206. The molecule has 23 heavy (non-hydrogen) atoms. The van der Waals surface area contributed by atoms with E-state index in [2.05, 4.69) is 5.32 Å². The van der Waals surface area contributed by atoms with Crippen molar-refractivity contribution in [1.82, 2.24) is 5.32 Å². The van der Waals surface area contributed by atoms with E-state index in [-0.39, 0.29) is 18.7 Å². The van der Waals surface area contributed by atoms with Crippen molar-refractivity contribution in [3.63, 3.8) is 0 Å². The molecule has 0 aliphatic carbocycles. The molecule has 1 heterocycles. The highest BCUT2D eigenvalue weighted by molar-refractivity contribution is 6.31. The molecule has 0 aliphatic heterocycles. The van der Waals surface area contributed by atoms with Gasteiger partial charge in [0.25, 0.3) is 0 Å². The van der Waals surface area contributed by atoms with Crippen molar-refractivity contribution in [2.45, 2.75) is 25.3 Å². The van der Waals surface area contributed by atoms with Crippen molar-refractivity contribution in [2.75, 3.05) is 7.11 Å². The molecule has 1 atom stereocenters. The number of ether oxygens (including phenoxy) is 1. The first-order chi connectivity index (χ1) is 11.1. The van der Waals surface area contributed by atoms with Crippen LogP contribution in [-0.4, -0.2) is 19.0 Å². The van der Waals surface area contributed by atoms with Gasteiger partial charge in [-0.05, 0) is 23.8 Å². The van der Waals surface area contributed by atoms with E-state index in [1.165, 1.54) is 7.11 Å². The summed E-state index contributed by atoms with van der Waals surface area (Å²) in [6.45, 7) is 0. The van der Waals surface area contributed by atoms with Gasteiger partial charge in [0.1, 0.15) is 5.76 Å². The topological polar surface area (TPSA) is 68.5 Å². The van der Waals surface area contributed by atoms with Crippen molar-refractivity contribution >= 4 is 23.5 Å². The number of nitrogens with one attached hydrogen (secondary N) is 1. The van der Waals surface area contributed by atoms with Crippen molar-refractivity contribution in [3.8, 4) is 0 Å². The molecule has 1 amide bonds. The summed E-state index contributed by atoms with van der Waals surface area (Å²) in [5, 5.41) is 3.33. The Labute approximate surface area is 139 Å². The van der Waals surface area contributed by atoms with Crippen LogP contribution in [0.15, 0.2) is 47.1 Å². The van der Waals surface area contributed by atoms with Crippen LogP contribution < -0.4 is 5.32 Å². The highest BCUT2D eigenvalue weighted by atomic mass is 35.5. The maximum Gasteiger partial charge on any atom is 0.307 e. The number of aryl methyl sites for hydroxylation is 1. The highest BCUT2D eigenvalue weighted by Gasteiger charge is 2.21. The fourth-order valence-corrected chi connectivity index (χ4v) is 2.47. The molecule has 5 nitrogen and oxygen atoms in total. The summed E-state index contributed by atoms with van der Waals surface area (Å²) in [5.74, 6) is 0.138. The number of rotatable bonds is 7. The van der Waals surface area contributed by atoms with Gasteiger partial charge in [-0.2, -0.15) is 0 Å². The van der Waals surface area contributed by atoms with E-state index >= 15 is 0 Å². The Bertz CT molecular complexity index is 654. The summed E-state index contributed by atoms with van der Waals surface area (Å²) in [6, 6.07) is 10.2. The third-order valence-electron chi connectivity index (χ3n) is 3.39. The first-order valence-corrected chi connectivity index (χ1v) is 7.61. The monoisotopic (exact) mass is 335 g/mol. The number of benzene rings is 1. The highest BCUT2D eigenvalue weighted by Crippen LogP contribution is 2.25. The van der Waals surface area contributed by atoms with Crippen molar-refractivity contribution in [1.29, 1.82) is 0 Å². The summed E-state index contributed by atoms with van der Waals surface area (Å²) < 4.78 is 9.89. The van der Waals surface area contributed by atoms with Gasteiger partial charge in [0.2, 0.25) is 5.91 Å². The predicted octanol–water partition coefficient (Wildman–Crippen LogP) is 3.29. The predicted molar refractivity (Wildman–Crippen MR) is 86.0 cm³/mol. The van der Waals surface area contributed by atoms with Crippen LogP contribution in [0.1, 0.15) is 30.2 Å². The van der Waals surface area contributed by atoms with Gasteiger partial charge in [-0.25, -0.2) is 0 Å². The van der Waals surface area contributed by atoms with Crippen LogP contribution in [0.4, 0.5) is 0 Å². The Morgan fingerprint density at radius 1 is 1.26 bits per heavy atom. The molecular formula is C17H18ClNO4. The van der Waals surface area contributed by atoms with E-state index < -0.39 is 12.0 Å². The van der Waals surface area contributed by atoms with Gasteiger partial charge in [0.05, 0.1) is 25.8 Å². The number of amides is 1. The van der Waals surface area contributed by atoms with E-state index in [1.54, 1.807) is 36.6 Å². The molecule has 2 aromatic rings. The molecule has 0 spiro atoms. The minimum Gasteiger partial charge on any atom is -0.469 e. The van der Waals surface area contributed by atoms with Crippen molar-refractivity contribution in [3.05, 3.63) is 59.0 Å². The molecule has 0 fully saturated rings. The molecular weight excluding hydrogens is 318 g/mol. The summed E-state index contributed by atoms with van der Waals surface area (Å²) in [6.07, 6.45) is 2.34. The van der Waals surface area contributed by atoms with Crippen LogP contribution in [0.25, 0.3) is 0 Å². The zero-order valence-electron chi connectivity index (χ0n) is 12.8. The van der Waals surface area contributed by atoms with Crippen LogP contribution in [-0.2, 0) is 20.7 Å². The largest absolute Gasteiger partial charge is 0.469 e. The van der Waals surface area contributed by atoms with Gasteiger partial charge < -0.3 is 14.5 Å². The van der Waals surface area contributed by atoms with E-state index in [0.717, 1.165) is 5.76 Å². The van der Waals surface area contributed by atoms with Crippen molar-refractivity contribution < 1.29 is 18.7 Å². The lowest BCUT2D eigenvalue weighted by Crippen LogP contribution is -2.30. The molecule has 6 heteroatoms. The van der Waals surface area contributed by atoms with E-state index in [4.69, 9.17) is 20.8 Å². The molecule has 2 rings (SSSR count). The second-order valence-corrected chi connectivity index (χ2v) is 5.41. The van der Waals surface area contributed by atoms with Gasteiger partial charge in [-0.1, -0.05) is 29.8 Å². The number of carbonyl (C=O) groups is 2. The Hall–Kier alpha value is -2.27. The summed E-state index contributed by atoms with van der Waals surface area (Å²) in [7, 11) is 1.31. The van der Waals surface area contributed by atoms with Crippen LogP contribution >= 0.6 is 11.6 Å². The second-order valence-electron chi connectivity index (χ2n) is 5.00. The van der Waals surface area contributed by atoms with Crippen LogP contribution in [0.2, 0.25) is 5.02 Å². The van der Waals surface area contributed by atoms with E-state index in [0.29, 0.717) is 17.0 Å². The molecule has 0 bridgehead atoms. The summed E-state index contributed by atoms with van der Waals surface area (Å²) in [5.41, 5.74) is 0.686. The molecule has 1 unspecified atom stereocenters. The molecule has 0 aliphatic rings. The maximum atomic E-state index is 12.2.